The van der Waals surface area contributed by atoms with Gasteiger partial charge in [-0.25, -0.2) is 13.1 Å². The Morgan fingerprint density at radius 2 is 1.72 bits per heavy atom. The van der Waals surface area contributed by atoms with Crippen molar-refractivity contribution in [1.82, 2.24) is 10.0 Å². The number of amides is 1. The third-order valence-corrected chi connectivity index (χ3v) is 6.95. The zero-order valence-corrected chi connectivity index (χ0v) is 18.5. The number of ether oxygens (including phenoxy) is 1. The zero-order valence-electron chi connectivity index (χ0n) is 17.7. The number of benzene rings is 2. The lowest BCUT2D eigenvalue weighted by Gasteiger charge is -2.22. The number of nitrogens with one attached hydrogen (secondary N) is 2. The third kappa shape index (κ3) is 5.60. The highest BCUT2D eigenvalue weighted by Gasteiger charge is 2.42. The fourth-order valence-electron chi connectivity index (χ4n) is 3.68. The molecule has 0 bridgehead atoms. The topological polar surface area (TPSA) is 84.5 Å². The van der Waals surface area contributed by atoms with Gasteiger partial charge in [-0.3, -0.25) is 4.79 Å². The summed E-state index contributed by atoms with van der Waals surface area (Å²) in [6.45, 7) is 1.74. The van der Waals surface area contributed by atoms with Crippen molar-refractivity contribution in [1.29, 1.82) is 0 Å². The number of carbonyl (C=O) groups excluding carboxylic acids is 1. The van der Waals surface area contributed by atoms with E-state index in [-0.39, 0.29) is 27.8 Å². The molecule has 32 heavy (non-hydrogen) atoms. The maximum Gasteiger partial charge on any atom is 0.412 e. The Balaban J connectivity index is 1.90. The van der Waals surface area contributed by atoms with E-state index in [1.165, 1.54) is 43.5 Å². The molecule has 1 saturated carbocycles. The molecule has 0 aromatic heterocycles. The molecular formula is C22H25F3N2O4S. The second-order valence-corrected chi connectivity index (χ2v) is 9.51. The summed E-state index contributed by atoms with van der Waals surface area (Å²) < 4.78 is 74.4. The Hall–Kier alpha value is -2.59. The molecule has 2 aromatic carbocycles. The van der Waals surface area contributed by atoms with Crippen LogP contribution in [0, 0.1) is 6.92 Å². The lowest BCUT2D eigenvalue weighted by atomic mass is 10.0. The molecule has 10 heteroatoms. The SMILES string of the molecule is COc1ccc(C(=O)NC(c2ccc(C)cc2)C(F)(F)F)cc1S(=O)(=O)NC1CCCC1. The Bertz CT molecular complexity index is 1060. The quantitative estimate of drug-likeness (QED) is 0.634. The van der Waals surface area contributed by atoms with E-state index in [0.717, 1.165) is 24.5 Å². The van der Waals surface area contributed by atoms with Crippen LogP contribution in [0.3, 0.4) is 0 Å². The van der Waals surface area contributed by atoms with E-state index in [4.69, 9.17) is 4.74 Å². The number of carbonyl (C=O) groups is 1. The smallest absolute Gasteiger partial charge is 0.412 e. The van der Waals surface area contributed by atoms with Gasteiger partial charge < -0.3 is 10.1 Å². The molecule has 0 saturated heterocycles. The lowest BCUT2D eigenvalue weighted by Crippen LogP contribution is -2.38. The number of halogens is 3. The predicted molar refractivity (Wildman–Crippen MR) is 113 cm³/mol. The van der Waals surface area contributed by atoms with E-state index in [9.17, 15) is 26.4 Å². The molecule has 1 amide bonds. The summed E-state index contributed by atoms with van der Waals surface area (Å²) in [4.78, 5) is 12.4. The van der Waals surface area contributed by atoms with Crippen LogP contribution in [0.25, 0.3) is 0 Å². The minimum atomic E-state index is -4.74. The highest BCUT2D eigenvalue weighted by Crippen LogP contribution is 2.33. The van der Waals surface area contributed by atoms with Gasteiger partial charge in [0.05, 0.1) is 7.11 Å². The van der Waals surface area contributed by atoms with Crippen molar-refractivity contribution in [3.05, 3.63) is 59.2 Å². The predicted octanol–water partition coefficient (Wildman–Crippen LogP) is 4.26. The third-order valence-electron chi connectivity index (χ3n) is 5.41. The first-order valence-corrected chi connectivity index (χ1v) is 11.6. The first kappa shape index (κ1) is 24.1. The molecule has 3 rings (SSSR count). The van der Waals surface area contributed by atoms with Crippen LogP contribution in [0.1, 0.15) is 53.2 Å². The van der Waals surface area contributed by atoms with Gasteiger partial charge in [-0.2, -0.15) is 13.2 Å². The Kier molecular flexibility index (Phi) is 7.14. The number of methoxy groups -OCH3 is 1. The number of rotatable bonds is 7. The second-order valence-electron chi connectivity index (χ2n) is 7.83. The van der Waals surface area contributed by atoms with Crippen LogP contribution in [0.5, 0.6) is 5.75 Å². The fraction of sp³-hybridized carbons (Fsp3) is 0.409. The van der Waals surface area contributed by atoms with Gasteiger partial charge in [0.25, 0.3) is 5.91 Å². The number of aryl methyl sites for hydroxylation is 1. The fourth-order valence-corrected chi connectivity index (χ4v) is 5.18. The maximum atomic E-state index is 13.7. The molecule has 0 aliphatic heterocycles. The van der Waals surface area contributed by atoms with Crippen LogP contribution in [0.2, 0.25) is 0 Å². The molecule has 1 aliphatic carbocycles. The number of sulfonamides is 1. The van der Waals surface area contributed by atoms with E-state index in [2.05, 4.69) is 4.72 Å². The summed E-state index contributed by atoms with van der Waals surface area (Å²) >= 11 is 0. The van der Waals surface area contributed by atoms with Crippen LogP contribution in [0.15, 0.2) is 47.4 Å². The largest absolute Gasteiger partial charge is 0.495 e. The van der Waals surface area contributed by atoms with E-state index in [1.54, 1.807) is 6.92 Å². The van der Waals surface area contributed by atoms with Crippen LogP contribution in [0.4, 0.5) is 13.2 Å². The lowest BCUT2D eigenvalue weighted by molar-refractivity contribution is -0.155. The van der Waals surface area contributed by atoms with Crippen molar-refractivity contribution in [2.45, 2.75) is 55.8 Å². The minimum absolute atomic E-state index is 0.00190. The zero-order chi connectivity index (χ0) is 23.5. The number of hydrogen-bond acceptors (Lipinski definition) is 4. The summed E-state index contributed by atoms with van der Waals surface area (Å²) in [6, 6.07) is 6.69. The van der Waals surface area contributed by atoms with Gasteiger partial charge in [0.1, 0.15) is 10.6 Å². The summed E-state index contributed by atoms with van der Waals surface area (Å²) in [5, 5.41) is 1.98. The van der Waals surface area contributed by atoms with Gasteiger partial charge >= 0.3 is 6.18 Å². The number of hydrogen-bond donors (Lipinski definition) is 2. The minimum Gasteiger partial charge on any atom is -0.495 e. The molecule has 0 spiro atoms. The van der Waals surface area contributed by atoms with Crippen molar-refractivity contribution in [3.8, 4) is 5.75 Å². The Labute approximate surface area is 185 Å². The summed E-state index contributed by atoms with van der Waals surface area (Å²) in [6.07, 6.45) is -1.53. The van der Waals surface area contributed by atoms with Crippen molar-refractivity contribution < 1.29 is 31.1 Å². The van der Waals surface area contributed by atoms with Crippen molar-refractivity contribution in [2.75, 3.05) is 7.11 Å². The van der Waals surface area contributed by atoms with Crippen molar-refractivity contribution >= 4 is 15.9 Å². The molecule has 0 heterocycles. The molecule has 2 N–H and O–H groups in total. The first-order chi connectivity index (χ1) is 15.0. The van der Waals surface area contributed by atoms with E-state index < -0.39 is 28.1 Å². The highest BCUT2D eigenvalue weighted by atomic mass is 32.2. The van der Waals surface area contributed by atoms with Gasteiger partial charge in [0.2, 0.25) is 10.0 Å². The monoisotopic (exact) mass is 470 g/mol. The maximum absolute atomic E-state index is 13.7. The molecular weight excluding hydrogens is 445 g/mol. The molecule has 6 nitrogen and oxygen atoms in total. The average Bonchev–Trinajstić information content (AvgIpc) is 3.23. The summed E-state index contributed by atoms with van der Waals surface area (Å²) in [5.74, 6) is -1.05. The molecule has 0 radical (unpaired) electrons. The molecule has 1 atom stereocenters. The highest BCUT2D eigenvalue weighted by molar-refractivity contribution is 7.89. The second kappa shape index (κ2) is 9.50. The van der Waals surface area contributed by atoms with E-state index in [1.807, 2.05) is 5.32 Å². The van der Waals surface area contributed by atoms with Crippen molar-refractivity contribution in [3.63, 3.8) is 0 Å². The standard InChI is InChI=1S/C22H25F3N2O4S/c1-14-7-9-15(10-8-14)20(22(23,24)25)26-21(28)16-11-12-18(31-2)19(13-16)32(29,30)27-17-5-3-4-6-17/h7-13,17,20,27H,3-6H2,1-2H3,(H,26,28). The van der Waals surface area contributed by atoms with Gasteiger partial charge in [-0.1, -0.05) is 42.7 Å². The average molecular weight is 471 g/mol. The Morgan fingerprint density at radius 3 is 2.28 bits per heavy atom. The van der Waals surface area contributed by atoms with Gasteiger partial charge in [-0.05, 0) is 43.5 Å². The van der Waals surface area contributed by atoms with Crippen LogP contribution >= 0.6 is 0 Å². The molecule has 174 valence electrons. The molecule has 2 aromatic rings. The van der Waals surface area contributed by atoms with Gasteiger partial charge in [0.15, 0.2) is 6.04 Å². The van der Waals surface area contributed by atoms with Crippen LogP contribution < -0.4 is 14.8 Å². The van der Waals surface area contributed by atoms with Crippen LogP contribution in [-0.2, 0) is 10.0 Å². The Morgan fingerprint density at radius 1 is 1.09 bits per heavy atom. The molecule has 1 fully saturated rings. The van der Waals surface area contributed by atoms with Gasteiger partial charge in [0, 0.05) is 11.6 Å². The van der Waals surface area contributed by atoms with Crippen LogP contribution in [-0.4, -0.2) is 33.7 Å². The first-order valence-electron chi connectivity index (χ1n) is 10.2. The summed E-state index contributed by atoms with van der Waals surface area (Å²) in [7, 11) is -2.75. The van der Waals surface area contributed by atoms with E-state index in [0.29, 0.717) is 12.8 Å². The number of alkyl halides is 3. The van der Waals surface area contributed by atoms with E-state index >= 15 is 0 Å². The normalized spacial score (nSPS) is 16.0. The van der Waals surface area contributed by atoms with Gasteiger partial charge in [-0.15, -0.1) is 0 Å². The summed E-state index contributed by atoms with van der Waals surface area (Å²) in [5.41, 5.74) is 0.431. The molecule has 1 aliphatic rings. The van der Waals surface area contributed by atoms with Crippen molar-refractivity contribution in [2.24, 2.45) is 0 Å². The molecule has 1 unspecified atom stereocenters.